The summed E-state index contributed by atoms with van der Waals surface area (Å²) in [6.07, 6.45) is 0. The van der Waals surface area contributed by atoms with Crippen molar-refractivity contribution in [2.24, 2.45) is 0 Å². The Hall–Kier alpha value is -2.52. The summed E-state index contributed by atoms with van der Waals surface area (Å²) in [7, 11) is 0. The highest BCUT2D eigenvalue weighted by Gasteiger charge is 2.20. The first kappa shape index (κ1) is 18.8. The Morgan fingerprint density at radius 1 is 1.21 bits per heavy atom. The summed E-state index contributed by atoms with van der Waals surface area (Å²) in [6.45, 7) is 6.09. The average molecular weight is 417 g/mol. The molecule has 1 aromatic carbocycles. The summed E-state index contributed by atoms with van der Waals surface area (Å²) in [5.74, 6) is 1.13. The number of aryl methyl sites for hydroxylation is 2. The van der Waals surface area contributed by atoms with Gasteiger partial charge in [-0.15, -0.1) is 21.5 Å². The van der Waals surface area contributed by atoms with E-state index in [0.717, 1.165) is 16.0 Å². The van der Waals surface area contributed by atoms with Crippen molar-refractivity contribution >= 4 is 33.3 Å². The van der Waals surface area contributed by atoms with E-state index < -0.39 is 0 Å². The third-order valence-electron chi connectivity index (χ3n) is 4.29. The lowest BCUT2D eigenvalue weighted by Crippen LogP contribution is -2.22. The summed E-state index contributed by atoms with van der Waals surface area (Å²) < 4.78 is 20.4. The zero-order chi connectivity index (χ0) is 19.8. The third kappa shape index (κ3) is 3.35. The summed E-state index contributed by atoms with van der Waals surface area (Å²) >= 11 is 2.86. The summed E-state index contributed by atoms with van der Waals surface area (Å²) in [5, 5.41) is 9.00. The van der Waals surface area contributed by atoms with Crippen molar-refractivity contribution in [1.29, 1.82) is 0 Å². The Morgan fingerprint density at radius 2 is 1.96 bits per heavy atom. The van der Waals surface area contributed by atoms with Crippen molar-refractivity contribution in [3.05, 3.63) is 57.1 Å². The van der Waals surface area contributed by atoms with Crippen molar-refractivity contribution in [2.45, 2.75) is 38.2 Å². The van der Waals surface area contributed by atoms with Crippen molar-refractivity contribution in [3.63, 3.8) is 0 Å². The number of halogens is 1. The maximum Gasteiger partial charge on any atom is 0.263 e. The van der Waals surface area contributed by atoms with Crippen LogP contribution in [0.4, 0.5) is 4.39 Å². The molecule has 9 heteroatoms. The maximum absolute atomic E-state index is 13.3. The smallest absolute Gasteiger partial charge is 0.263 e. The molecular weight excluding hydrogens is 399 g/mol. The average Bonchev–Trinajstić information content (AvgIpc) is 3.23. The first-order valence-electron chi connectivity index (χ1n) is 8.69. The Bertz CT molecular complexity index is 1210. The molecule has 0 fully saturated rings. The lowest BCUT2D eigenvalue weighted by Gasteiger charge is -2.09. The Kier molecular flexibility index (Phi) is 5.03. The highest BCUT2D eigenvalue weighted by atomic mass is 32.2. The Balaban J connectivity index is 1.82. The number of hydrogen-bond acceptors (Lipinski definition) is 7. The molecule has 0 aliphatic rings. The molecule has 0 N–H and O–H groups in total. The number of hydrogen-bond donors (Lipinski definition) is 0. The van der Waals surface area contributed by atoms with Gasteiger partial charge in [0.25, 0.3) is 5.56 Å². The molecule has 0 saturated heterocycles. The molecule has 0 aliphatic heterocycles. The van der Waals surface area contributed by atoms with Crippen LogP contribution in [0.2, 0.25) is 0 Å². The van der Waals surface area contributed by atoms with Crippen LogP contribution in [0.15, 0.2) is 38.6 Å². The number of thioether (sulfide) groups is 1. The van der Waals surface area contributed by atoms with Crippen LogP contribution in [0.3, 0.4) is 0 Å². The predicted molar refractivity (Wildman–Crippen MR) is 108 cm³/mol. The van der Waals surface area contributed by atoms with Crippen LogP contribution in [0.1, 0.15) is 23.6 Å². The Morgan fingerprint density at radius 3 is 2.61 bits per heavy atom. The maximum atomic E-state index is 13.3. The van der Waals surface area contributed by atoms with Crippen LogP contribution in [0.5, 0.6) is 0 Å². The van der Waals surface area contributed by atoms with Crippen molar-refractivity contribution < 1.29 is 8.81 Å². The fourth-order valence-electron chi connectivity index (χ4n) is 3.05. The van der Waals surface area contributed by atoms with Gasteiger partial charge in [0.05, 0.1) is 11.1 Å². The van der Waals surface area contributed by atoms with Gasteiger partial charge < -0.3 is 4.42 Å². The van der Waals surface area contributed by atoms with E-state index in [1.54, 1.807) is 23.6 Å². The van der Waals surface area contributed by atoms with Gasteiger partial charge in [-0.25, -0.2) is 9.37 Å². The van der Waals surface area contributed by atoms with Gasteiger partial charge in [0.1, 0.15) is 10.6 Å². The summed E-state index contributed by atoms with van der Waals surface area (Å²) in [6, 6.07) is 6.20. The van der Waals surface area contributed by atoms with Gasteiger partial charge in [0.15, 0.2) is 5.16 Å². The SMILES string of the molecule is CCn1c(SCc2nnc(C)o2)nc2sc(C)c(-c3ccc(F)cc3)c2c1=O. The fraction of sp³-hybridized carbons (Fsp3) is 0.263. The molecule has 6 nitrogen and oxygen atoms in total. The molecule has 0 radical (unpaired) electrons. The molecule has 0 saturated carbocycles. The van der Waals surface area contributed by atoms with Gasteiger partial charge in [-0.2, -0.15) is 0 Å². The second-order valence-electron chi connectivity index (χ2n) is 6.17. The lowest BCUT2D eigenvalue weighted by molar-refractivity contribution is 0.485. The highest BCUT2D eigenvalue weighted by Crippen LogP contribution is 2.36. The van der Waals surface area contributed by atoms with Gasteiger partial charge >= 0.3 is 0 Å². The minimum Gasteiger partial charge on any atom is -0.425 e. The number of aromatic nitrogens is 4. The number of thiophene rings is 1. The van der Waals surface area contributed by atoms with Crippen LogP contribution >= 0.6 is 23.1 Å². The molecule has 3 heterocycles. The quantitative estimate of drug-likeness (QED) is 0.350. The number of rotatable bonds is 5. The molecule has 0 bridgehead atoms. The van der Waals surface area contributed by atoms with Crippen LogP contribution < -0.4 is 5.56 Å². The van der Waals surface area contributed by atoms with E-state index in [-0.39, 0.29) is 11.4 Å². The fourth-order valence-corrected chi connectivity index (χ4v) is 5.04. The predicted octanol–water partition coefficient (Wildman–Crippen LogP) is 4.58. The van der Waals surface area contributed by atoms with Gasteiger partial charge in [0, 0.05) is 23.9 Å². The molecule has 0 atom stereocenters. The second-order valence-corrected chi connectivity index (χ2v) is 8.31. The van der Waals surface area contributed by atoms with E-state index in [2.05, 4.69) is 10.2 Å². The van der Waals surface area contributed by atoms with Crippen LogP contribution in [-0.4, -0.2) is 19.7 Å². The molecule has 28 heavy (non-hydrogen) atoms. The lowest BCUT2D eigenvalue weighted by atomic mass is 10.0. The molecule has 4 aromatic rings. The Labute approximate surface area is 168 Å². The van der Waals surface area contributed by atoms with Crippen molar-refractivity contribution in [1.82, 2.24) is 19.7 Å². The van der Waals surface area contributed by atoms with E-state index in [4.69, 9.17) is 9.40 Å². The van der Waals surface area contributed by atoms with Crippen molar-refractivity contribution in [3.8, 4) is 11.1 Å². The molecule has 0 unspecified atom stereocenters. The van der Waals surface area contributed by atoms with Gasteiger partial charge in [-0.3, -0.25) is 9.36 Å². The first-order chi connectivity index (χ1) is 13.5. The van der Waals surface area contributed by atoms with Crippen LogP contribution in [-0.2, 0) is 12.3 Å². The summed E-state index contributed by atoms with van der Waals surface area (Å²) in [5.41, 5.74) is 1.54. The number of nitrogens with zero attached hydrogens (tertiary/aromatic N) is 4. The zero-order valence-corrected chi connectivity index (χ0v) is 17.2. The zero-order valence-electron chi connectivity index (χ0n) is 15.5. The number of fused-ring (bicyclic) bond motifs is 1. The largest absolute Gasteiger partial charge is 0.425 e. The molecule has 0 aliphatic carbocycles. The molecule has 0 amide bonds. The second kappa shape index (κ2) is 7.48. The first-order valence-corrected chi connectivity index (χ1v) is 10.5. The number of benzene rings is 1. The van der Waals surface area contributed by atoms with Crippen LogP contribution in [0.25, 0.3) is 21.3 Å². The van der Waals surface area contributed by atoms with Gasteiger partial charge in [-0.1, -0.05) is 23.9 Å². The molecule has 3 aromatic heterocycles. The third-order valence-corrected chi connectivity index (χ3v) is 6.25. The van der Waals surface area contributed by atoms with E-state index in [0.29, 0.717) is 39.5 Å². The van der Waals surface area contributed by atoms with Gasteiger partial charge in [0.2, 0.25) is 11.8 Å². The minimum absolute atomic E-state index is 0.0969. The summed E-state index contributed by atoms with van der Waals surface area (Å²) in [4.78, 5) is 19.6. The highest BCUT2D eigenvalue weighted by molar-refractivity contribution is 7.98. The van der Waals surface area contributed by atoms with E-state index >= 15 is 0 Å². The van der Waals surface area contributed by atoms with E-state index in [1.807, 2.05) is 13.8 Å². The van der Waals surface area contributed by atoms with Crippen LogP contribution in [0, 0.1) is 19.7 Å². The van der Waals surface area contributed by atoms with Gasteiger partial charge in [-0.05, 0) is 31.5 Å². The topological polar surface area (TPSA) is 73.8 Å². The minimum atomic E-state index is -0.306. The molecular formula is C19H17FN4O2S2. The normalized spacial score (nSPS) is 11.4. The molecule has 4 rings (SSSR count). The van der Waals surface area contributed by atoms with Crippen molar-refractivity contribution in [2.75, 3.05) is 0 Å². The van der Waals surface area contributed by atoms with E-state index in [9.17, 15) is 9.18 Å². The molecule has 0 spiro atoms. The molecule has 144 valence electrons. The monoisotopic (exact) mass is 416 g/mol. The van der Waals surface area contributed by atoms with E-state index in [1.165, 1.54) is 35.2 Å². The standard InChI is InChI=1S/C19H17FN4O2S2/c1-4-24-18(25)16-15(12-5-7-13(20)8-6-12)10(2)28-17(16)21-19(24)27-9-14-23-22-11(3)26-14/h5-8H,4,9H2,1-3H3.